The van der Waals surface area contributed by atoms with Gasteiger partial charge in [-0.15, -0.1) is 0 Å². The van der Waals surface area contributed by atoms with Crippen molar-refractivity contribution in [3.63, 3.8) is 0 Å². The maximum absolute atomic E-state index is 13.0. The third-order valence-corrected chi connectivity index (χ3v) is 5.86. The highest BCUT2D eigenvalue weighted by Gasteiger charge is 2.27. The maximum atomic E-state index is 13.0. The van der Waals surface area contributed by atoms with Crippen molar-refractivity contribution in [3.8, 4) is 0 Å². The van der Waals surface area contributed by atoms with Crippen molar-refractivity contribution >= 4 is 29.1 Å². The summed E-state index contributed by atoms with van der Waals surface area (Å²) in [5.41, 5.74) is 8.04. The van der Waals surface area contributed by atoms with E-state index in [2.05, 4.69) is 17.0 Å². The summed E-state index contributed by atoms with van der Waals surface area (Å²) < 4.78 is 0. The number of benzene rings is 2. The molecule has 144 valence electrons. The van der Waals surface area contributed by atoms with E-state index in [1.54, 1.807) is 12.1 Å². The Morgan fingerprint density at radius 2 is 1.96 bits per heavy atom. The van der Waals surface area contributed by atoms with Gasteiger partial charge in [0, 0.05) is 26.2 Å². The molecule has 1 saturated heterocycles. The van der Waals surface area contributed by atoms with Crippen LogP contribution in [0.1, 0.15) is 23.6 Å². The molecule has 0 spiro atoms. The minimum atomic E-state index is -0.0215. The predicted molar refractivity (Wildman–Crippen MR) is 111 cm³/mol. The highest BCUT2D eigenvalue weighted by molar-refractivity contribution is 6.42. The Labute approximate surface area is 170 Å². The molecule has 0 radical (unpaired) electrons. The van der Waals surface area contributed by atoms with E-state index in [0.29, 0.717) is 10.0 Å². The molecule has 6 heteroatoms. The Kier molecular flexibility index (Phi) is 6.77. The lowest BCUT2D eigenvalue weighted by Gasteiger charge is -2.32. The largest absolute Gasteiger partial charge is 0.337 e. The van der Waals surface area contributed by atoms with Gasteiger partial charge in [0.05, 0.1) is 22.5 Å². The summed E-state index contributed by atoms with van der Waals surface area (Å²) >= 11 is 12.1. The Balaban J connectivity index is 1.75. The lowest BCUT2D eigenvalue weighted by Crippen LogP contribution is -2.40. The van der Waals surface area contributed by atoms with E-state index in [1.165, 1.54) is 0 Å². The number of nitrogens with zero attached hydrogens (tertiary/aromatic N) is 2. The average Bonchev–Trinajstić information content (AvgIpc) is 3.08. The van der Waals surface area contributed by atoms with E-state index >= 15 is 0 Å². The van der Waals surface area contributed by atoms with Gasteiger partial charge in [-0.25, -0.2) is 0 Å². The summed E-state index contributed by atoms with van der Waals surface area (Å²) in [6.45, 7) is 2.62. The van der Waals surface area contributed by atoms with Crippen molar-refractivity contribution < 1.29 is 4.79 Å². The predicted octanol–water partition coefficient (Wildman–Crippen LogP) is 3.77. The quantitative estimate of drug-likeness (QED) is 0.795. The first-order valence-electron chi connectivity index (χ1n) is 9.16. The number of carbonyl (C=O) groups is 1. The topological polar surface area (TPSA) is 49.6 Å². The monoisotopic (exact) mass is 405 g/mol. The molecule has 4 nitrogen and oxygen atoms in total. The van der Waals surface area contributed by atoms with Crippen LogP contribution in [0.4, 0.5) is 0 Å². The molecule has 1 aliphatic heterocycles. The molecule has 2 atom stereocenters. The molecular weight excluding hydrogens is 381 g/mol. The van der Waals surface area contributed by atoms with Gasteiger partial charge in [0.25, 0.3) is 0 Å². The number of amides is 1. The Bertz CT molecular complexity index is 784. The molecule has 1 fully saturated rings. The molecule has 0 saturated carbocycles. The van der Waals surface area contributed by atoms with Gasteiger partial charge in [-0.1, -0.05) is 59.6 Å². The first-order valence-corrected chi connectivity index (χ1v) is 9.92. The van der Waals surface area contributed by atoms with Gasteiger partial charge in [0.15, 0.2) is 0 Å². The third kappa shape index (κ3) is 5.23. The molecule has 27 heavy (non-hydrogen) atoms. The van der Waals surface area contributed by atoms with E-state index in [9.17, 15) is 4.79 Å². The molecule has 0 unspecified atom stereocenters. The number of carbonyl (C=O) groups excluding carboxylic acids is 1. The van der Waals surface area contributed by atoms with Crippen LogP contribution in [0.2, 0.25) is 10.0 Å². The highest BCUT2D eigenvalue weighted by Crippen LogP contribution is 2.25. The second-order valence-corrected chi connectivity index (χ2v) is 7.98. The van der Waals surface area contributed by atoms with Gasteiger partial charge in [-0.2, -0.15) is 0 Å². The Morgan fingerprint density at radius 1 is 1.22 bits per heavy atom. The fourth-order valence-corrected chi connectivity index (χ4v) is 3.84. The smallest absolute Gasteiger partial charge is 0.227 e. The van der Waals surface area contributed by atoms with Crippen LogP contribution in [0, 0.1) is 0 Å². The van der Waals surface area contributed by atoms with Crippen molar-refractivity contribution in [1.82, 2.24) is 9.80 Å². The fraction of sp³-hybridized carbons (Fsp3) is 0.381. The summed E-state index contributed by atoms with van der Waals surface area (Å²) in [5, 5.41) is 0.962. The second-order valence-electron chi connectivity index (χ2n) is 7.16. The Morgan fingerprint density at radius 3 is 2.59 bits per heavy atom. The van der Waals surface area contributed by atoms with Crippen molar-refractivity contribution in [3.05, 3.63) is 69.7 Å². The van der Waals surface area contributed by atoms with Crippen molar-refractivity contribution in [2.75, 3.05) is 26.7 Å². The van der Waals surface area contributed by atoms with Crippen LogP contribution < -0.4 is 5.73 Å². The van der Waals surface area contributed by atoms with Gasteiger partial charge >= 0.3 is 0 Å². The molecule has 1 heterocycles. The molecule has 2 N–H and O–H groups in total. The van der Waals surface area contributed by atoms with Crippen LogP contribution in [0.3, 0.4) is 0 Å². The van der Waals surface area contributed by atoms with Gasteiger partial charge in [0.2, 0.25) is 5.91 Å². The number of halogens is 2. The number of likely N-dealkylation sites (tertiary alicyclic amines) is 1. The standard InChI is InChI=1S/C21H25Cl2N3O/c1-25(21(27)12-15-7-8-18(22)19(23)11-15)20(16-5-3-2-4-6-16)14-26-10-9-17(24)13-26/h2-8,11,17,20H,9-10,12-14,24H2,1H3/t17-,20+/m0/s1. The zero-order valence-electron chi connectivity index (χ0n) is 15.4. The molecule has 2 aromatic rings. The molecule has 0 aliphatic carbocycles. The number of likely N-dealkylation sites (N-methyl/N-ethyl adjacent to an activating group) is 1. The summed E-state index contributed by atoms with van der Waals surface area (Å²) in [4.78, 5) is 17.1. The molecular formula is C21H25Cl2N3O. The fourth-order valence-electron chi connectivity index (χ4n) is 3.52. The minimum Gasteiger partial charge on any atom is -0.337 e. The van der Waals surface area contributed by atoms with E-state index in [1.807, 2.05) is 36.2 Å². The van der Waals surface area contributed by atoms with Crippen LogP contribution in [-0.4, -0.2) is 48.4 Å². The van der Waals surface area contributed by atoms with E-state index in [-0.39, 0.29) is 24.4 Å². The zero-order valence-corrected chi connectivity index (χ0v) is 17.0. The second kappa shape index (κ2) is 9.07. The lowest BCUT2D eigenvalue weighted by molar-refractivity contribution is -0.131. The number of rotatable bonds is 6. The van der Waals surface area contributed by atoms with Gasteiger partial charge in [-0.05, 0) is 36.2 Å². The first kappa shape index (κ1) is 20.2. The van der Waals surface area contributed by atoms with Gasteiger partial charge in [0.1, 0.15) is 0 Å². The third-order valence-electron chi connectivity index (χ3n) is 5.12. The average molecular weight is 406 g/mol. The maximum Gasteiger partial charge on any atom is 0.227 e. The van der Waals surface area contributed by atoms with E-state index in [4.69, 9.17) is 28.9 Å². The molecule has 2 aromatic carbocycles. The SMILES string of the molecule is CN(C(=O)Cc1ccc(Cl)c(Cl)c1)[C@H](CN1CC[C@H](N)C1)c1ccccc1. The van der Waals surface area contributed by atoms with E-state index < -0.39 is 0 Å². The number of hydrogen-bond acceptors (Lipinski definition) is 3. The van der Waals surface area contributed by atoms with Crippen molar-refractivity contribution in [2.24, 2.45) is 5.73 Å². The summed E-state index contributed by atoms with van der Waals surface area (Å²) in [6.07, 6.45) is 1.29. The summed E-state index contributed by atoms with van der Waals surface area (Å²) in [7, 11) is 1.87. The lowest BCUT2D eigenvalue weighted by atomic mass is 10.0. The van der Waals surface area contributed by atoms with Crippen LogP contribution in [0.25, 0.3) is 0 Å². The molecule has 0 aromatic heterocycles. The number of nitrogens with two attached hydrogens (primary N) is 1. The van der Waals surface area contributed by atoms with Gasteiger partial charge in [-0.3, -0.25) is 9.69 Å². The summed E-state index contributed by atoms with van der Waals surface area (Å²) in [6, 6.07) is 15.7. The zero-order chi connectivity index (χ0) is 19.4. The number of hydrogen-bond donors (Lipinski definition) is 1. The van der Waals surface area contributed by atoms with Crippen molar-refractivity contribution in [2.45, 2.75) is 24.9 Å². The highest BCUT2D eigenvalue weighted by atomic mass is 35.5. The minimum absolute atomic E-state index is 0.0215. The first-order chi connectivity index (χ1) is 12.9. The van der Waals surface area contributed by atoms with Crippen LogP contribution in [0.5, 0.6) is 0 Å². The molecule has 0 bridgehead atoms. The van der Waals surface area contributed by atoms with Crippen LogP contribution in [-0.2, 0) is 11.2 Å². The molecule has 1 amide bonds. The normalized spacial score (nSPS) is 18.4. The van der Waals surface area contributed by atoms with Gasteiger partial charge < -0.3 is 10.6 Å². The van der Waals surface area contributed by atoms with E-state index in [0.717, 1.165) is 37.2 Å². The van der Waals surface area contributed by atoms with Crippen LogP contribution in [0.15, 0.2) is 48.5 Å². The summed E-state index contributed by atoms with van der Waals surface area (Å²) in [5.74, 6) is 0.0470. The molecule has 3 rings (SSSR count). The van der Waals surface area contributed by atoms with Crippen molar-refractivity contribution in [1.29, 1.82) is 0 Å². The van der Waals surface area contributed by atoms with Crippen LogP contribution >= 0.6 is 23.2 Å². The Hall–Kier alpha value is -1.59. The molecule has 1 aliphatic rings.